The van der Waals surface area contributed by atoms with E-state index in [9.17, 15) is 4.79 Å². The van der Waals surface area contributed by atoms with Crippen molar-refractivity contribution in [3.8, 4) is 17.3 Å². The van der Waals surface area contributed by atoms with Crippen LogP contribution in [0.2, 0.25) is 0 Å². The molecule has 2 aromatic heterocycles. The summed E-state index contributed by atoms with van der Waals surface area (Å²) < 4.78 is 1.83. The molecular formula is C19H21N7O. The first-order chi connectivity index (χ1) is 13.2. The van der Waals surface area contributed by atoms with Gasteiger partial charge in [0.1, 0.15) is 23.8 Å². The molecule has 1 aliphatic rings. The van der Waals surface area contributed by atoms with Crippen molar-refractivity contribution in [1.82, 2.24) is 19.5 Å². The van der Waals surface area contributed by atoms with E-state index >= 15 is 0 Å². The molecule has 3 aromatic rings. The number of aromatic nitrogens is 4. The Bertz CT molecular complexity index is 956. The lowest BCUT2D eigenvalue weighted by Gasteiger charge is -2.43. The topological polar surface area (TPSA) is 93.2 Å². The van der Waals surface area contributed by atoms with E-state index in [1.807, 2.05) is 60.0 Å². The average molecular weight is 363 g/mol. The molecular weight excluding hydrogens is 342 g/mol. The van der Waals surface area contributed by atoms with Crippen LogP contribution < -0.4 is 15.8 Å². The number of nitrogens with zero attached hydrogens (tertiary/aromatic N) is 6. The van der Waals surface area contributed by atoms with Gasteiger partial charge >= 0.3 is 0 Å². The van der Waals surface area contributed by atoms with Crippen molar-refractivity contribution in [2.24, 2.45) is 5.84 Å². The number of nitrogens with two attached hydrogens (primary N) is 1. The SMILES string of the molecule is CCC1C(C=O)N(C)c2cnc(-n3ccnc3-c3ccccc3)nc2N1N. The lowest BCUT2D eigenvalue weighted by Crippen LogP contribution is -2.58. The second kappa shape index (κ2) is 6.81. The van der Waals surface area contributed by atoms with E-state index in [1.54, 1.807) is 17.4 Å². The lowest BCUT2D eigenvalue weighted by atomic mass is 10.0. The molecule has 0 bridgehead atoms. The number of carbonyl (C=O) groups is 1. The van der Waals surface area contributed by atoms with Crippen LogP contribution in [-0.2, 0) is 4.79 Å². The highest BCUT2D eigenvalue weighted by molar-refractivity contribution is 5.78. The summed E-state index contributed by atoms with van der Waals surface area (Å²) in [5.41, 5.74) is 1.70. The van der Waals surface area contributed by atoms with Crippen LogP contribution in [0.1, 0.15) is 13.3 Å². The van der Waals surface area contributed by atoms with Crippen LogP contribution in [-0.4, -0.2) is 44.9 Å². The molecule has 0 amide bonds. The van der Waals surface area contributed by atoms with Gasteiger partial charge in [0.05, 0.1) is 12.2 Å². The lowest BCUT2D eigenvalue weighted by molar-refractivity contribution is -0.109. The molecule has 4 rings (SSSR count). The third kappa shape index (κ3) is 2.74. The first-order valence-corrected chi connectivity index (χ1v) is 8.84. The van der Waals surface area contributed by atoms with Gasteiger partial charge in [-0.05, 0) is 6.42 Å². The number of benzene rings is 1. The van der Waals surface area contributed by atoms with Gasteiger partial charge in [-0.3, -0.25) is 9.58 Å². The molecule has 8 heteroatoms. The van der Waals surface area contributed by atoms with E-state index in [1.165, 1.54) is 0 Å². The van der Waals surface area contributed by atoms with Gasteiger partial charge in [0.2, 0.25) is 5.95 Å². The first-order valence-electron chi connectivity index (χ1n) is 8.84. The fraction of sp³-hybridized carbons (Fsp3) is 0.263. The summed E-state index contributed by atoms with van der Waals surface area (Å²) in [5, 5.41) is 1.58. The monoisotopic (exact) mass is 363 g/mol. The fourth-order valence-electron chi connectivity index (χ4n) is 3.54. The second-order valence-corrected chi connectivity index (χ2v) is 6.49. The van der Waals surface area contributed by atoms with Crippen LogP contribution in [0.4, 0.5) is 11.5 Å². The molecule has 0 radical (unpaired) electrons. The number of hydrogen-bond donors (Lipinski definition) is 1. The number of aldehydes is 1. The minimum Gasteiger partial charge on any atom is -0.358 e. The Morgan fingerprint density at radius 3 is 2.70 bits per heavy atom. The normalized spacial score (nSPS) is 19.1. The minimum absolute atomic E-state index is 0.154. The largest absolute Gasteiger partial charge is 0.358 e. The van der Waals surface area contributed by atoms with Gasteiger partial charge in [0, 0.05) is 25.0 Å². The van der Waals surface area contributed by atoms with Gasteiger partial charge in [0.25, 0.3) is 0 Å². The van der Waals surface area contributed by atoms with Gasteiger partial charge in [0.15, 0.2) is 5.82 Å². The number of hydrogen-bond acceptors (Lipinski definition) is 7. The van der Waals surface area contributed by atoms with Crippen LogP contribution >= 0.6 is 0 Å². The molecule has 3 heterocycles. The third-order valence-electron chi connectivity index (χ3n) is 5.01. The van der Waals surface area contributed by atoms with Crippen molar-refractivity contribution in [2.75, 3.05) is 17.0 Å². The summed E-state index contributed by atoms with van der Waals surface area (Å²) in [7, 11) is 1.86. The highest BCUT2D eigenvalue weighted by Crippen LogP contribution is 2.34. The Labute approximate surface area is 157 Å². The molecule has 8 nitrogen and oxygen atoms in total. The van der Waals surface area contributed by atoms with Crippen LogP contribution in [0.5, 0.6) is 0 Å². The van der Waals surface area contributed by atoms with Crippen molar-refractivity contribution in [2.45, 2.75) is 25.4 Å². The summed E-state index contributed by atoms with van der Waals surface area (Å²) in [6.07, 6.45) is 6.89. The second-order valence-electron chi connectivity index (χ2n) is 6.49. The smallest absolute Gasteiger partial charge is 0.237 e. The number of carbonyl (C=O) groups excluding carboxylic acids is 1. The Morgan fingerprint density at radius 1 is 1.22 bits per heavy atom. The molecule has 27 heavy (non-hydrogen) atoms. The summed E-state index contributed by atoms with van der Waals surface area (Å²) >= 11 is 0. The Balaban J connectivity index is 1.80. The molecule has 138 valence electrons. The zero-order valence-corrected chi connectivity index (χ0v) is 15.2. The van der Waals surface area contributed by atoms with Gasteiger partial charge < -0.3 is 9.69 Å². The molecule has 0 fully saturated rings. The van der Waals surface area contributed by atoms with Crippen molar-refractivity contribution in [3.63, 3.8) is 0 Å². The number of imidazole rings is 1. The van der Waals surface area contributed by atoms with E-state index in [4.69, 9.17) is 10.8 Å². The van der Waals surface area contributed by atoms with Crippen LogP contribution in [0.15, 0.2) is 48.9 Å². The van der Waals surface area contributed by atoms with Crippen LogP contribution in [0.25, 0.3) is 17.3 Å². The van der Waals surface area contributed by atoms with Crippen molar-refractivity contribution >= 4 is 17.8 Å². The quantitative estimate of drug-likeness (QED) is 0.558. The maximum atomic E-state index is 11.6. The minimum atomic E-state index is -0.338. The van der Waals surface area contributed by atoms with E-state index in [0.29, 0.717) is 11.8 Å². The zero-order valence-electron chi connectivity index (χ0n) is 15.2. The molecule has 0 saturated heterocycles. The summed E-state index contributed by atoms with van der Waals surface area (Å²) in [5.74, 6) is 8.16. The average Bonchev–Trinajstić information content (AvgIpc) is 3.20. The standard InChI is InChI=1S/C19H21N7O/c1-3-14-16(12-27)24(2)15-11-22-19(23-18(15)26(14)20)25-10-9-21-17(25)13-7-5-4-6-8-13/h4-12,14,16H,3,20H2,1-2H3. The van der Waals surface area contributed by atoms with Crippen molar-refractivity contribution < 1.29 is 4.79 Å². The molecule has 1 aliphatic heterocycles. The van der Waals surface area contributed by atoms with Gasteiger partial charge in [-0.25, -0.2) is 15.8 Å². The number of anilines is 2. The summed E-state index contributed by atoms with van der Waals surface area (Å²) in [6, 6.07) is 9.37. The molecule has 2 unspecified atom stereocenters. The number of rotatable bonds is 4. The molecule has 0 saturated carbocycles. The fourth-order valence-corrected chi connectivity index (χ4v) is 3.54. The summed E-state index contributed by atoms with van der Waals surface area (Å²) in [4.78, 5) is 27.1. The maximum absolute atomic E-state index is 11.6. The molecule has 1 aromatic carbocycles. The number of likely N-dealkylation sites (N-methyl/N-ethyl adjacent to an activating group) is 1. The maximum Gasteiger partial charge on any atom is 0.237 e. The highest BCUT2D eigenvalue weighted by Gasteiger charge is 2.37. The van der Waals surface area contributed by atoms with E-state index in [0.717, 1.165) is 29.8 Å². The molecule has 0 aliphatic carbocycles. The van der Waals surface area contributed by atoms with Crippen LogP contribution in [0, 0.1) is 0 Å². The van der Waals surface area contributed by atoms with Gasteiger partial charge in [-0.1, -0.05) is 37.3 Å². The van der Waals surface area contributed by atoms with Crippen LogP contribution in [0.3, 0.4) is 0 Å². The number of fused-ring (bicyclic) bond motifs is 1. The van der Waals surface area contributed by atoms with Gasteiger partial charge in [-0.15, -0.1) is 0 Å². The molecule has 2 N–H and O–H groups in total. The van der Waals surface area contributed by atoms with E-state index in [-0.39, 0.29) is 12.1 Å². The van der Waals surface area contributed by atoms with E-state index in [2.05, 4.69) is 9.97 Å². The summed E-state index contributed by atoms with van der Waals surface area (Å²) in [6.45, 7) is 2.01. The molecule has 2 atom stereocenters. The predicted octanol–water partition coefficient (Wildman–Crippen LogP) is 1.81. The Kier molecular flexibility index (Phi) is 4.33. The Morgan fingerprint density at radius 2 is 2.00 bits per heavy atom. The van der Waals surface area contributed by atoms with E-state index < -0.39 is 0 Å². The molecule has 0 spiro atoms. The van der Waals surface area contributed by atoms with Gasteiger partial charge in [-0.2, -0.15) is 4.98 Å². The zero-order chi connectivity index (χ0) is 19.0. The van der Waals surface area contributed by atoms with Crippen molar-refractivity contribution in [1.29, 1.82) is 0 Å². The van der Waals surface area contributed by atoms with Crippen molar-refractivity contribution in [3.05, 3.63) is 48.9 Å². The predicted molar refractivity (Wildman–Crippen MR) is 104 cm³/mol. The highest BCUT2D eigenvalue weighted by atomic mass is 16.1. The third-order valence-corrected chi connectivity index (χ3v) is 5.01. The Hall–Kier alpha value is -3.26. The number of hydrazine groups is 1. The first kappa shape index (κ1) is 17.2.